The number of hydrogen-bond donors (Lipinski definition) is 1. The lowest BCUT2D eigenvalue weighted by Crippen LogP contribution is -2.30. The fourth-order valence-electron chi connectivity index (χ4n) is 4.27. The van der Waals surface area contributed by atoms with Crippen LogP contribution in [0.4, 0.5) is 0 Å². The van der Waals surface area contributed by atoms with E-state index in [1.165, 1.54) is 32.1 Å². The Kier molecular flexibility index (Phi) is 2.28. The van der Waals surface area contributed by atoms with Crippen LogP contribution in [0.15, 0.2) is 0 Å². The minimum absolute atomic E-state index is 0.407. The Hall–Kier alpha value is 0.240. The average molecular weight is 228 g/mol. The molecular formula is C11H16OS2. The van der Waals surface area contributed by atoms with Gasteiger partial charge in [0, 0.05) is 0 Å². The second kappa shape index (κ2) is 3.38. The number of thiol groups is 1. The standard InChI is InChI=1S/C11H16OS2/c13-11(14)12-10-5-6-4-9(10)8-3-1-2-7(6)8/h6-10H,1-5H2,(H,13,14)/t6-,7-,8-,9-,10-/m1/s1. The SMILES string of the molecule is S=C(S)O[C@@H]1C[C@H]2C[C@@H]1[C@@H]1CCC[C@H]21. The molecule has 14 heavy (non-hydrogen) atoms. The molecule has 3 aliphatic carbocycles. The highest BCUT2D eigenvalue weighted by Crippen LogP contribution is 2.59. The van der Waals surface area contributed by atoms with Crippen LogP contribution in [-0.4, -0.2) is 10.5 Å². The number of thiocarbonyl (C=S) groups is 1. The quantitative estimate of drug-likeness (QED) is 0.545. The maximum atomic E-state index is 5.65. The predicted octanol–water partition coefficient (Wildman–Crippen LogP) is 3.04. The van der Waals surface area contributed by atoms with Gasteiger partial charge in [0.2, 0.25) is 4.38 Å². The number of rotatable bonds is 1. The fourth-order valence-corrected chi connectivity index (χ4v) is 4.53. The molecule has 3 aliphatic rings. The Bertz CT molecular complexity index is 266. The zero-order valence-electron chi connectivity index (χ0n) is 8.19. The number of hydrogen-bond acceptors (Lipinski definition) is 2. The molecule has 78 valence electrons. The van der Waals surface area contributed by atoms with E-state index in [0.717, 1.165) is 23.7 Å². The lowest BCUT2D eigenvalue weighted by atomic mass is 9.80. The summed E-state index contributed by atoms with van der Waals surface area (Å²) in [7, 11) is 0. The highest BCUT2D eigenvalue weighted by molar-refractivity contribution is 8.10. The van der Waals surface area contributed by atoms with Gasteiger partial charge < -0.3 is 4.74 Å². The molecule has 0 saturated heterocycles. The Morgan fingerprint density at radius 3 is 2.71 bits per heavy atom. The van der Waals surface area contributed by atoms with Crippen molar-refractivity contribution in [2.75, 3.05) is 0 Å². The number of fused-ring (bicyclic) bond motifs is 5. The summed E-state index contributed by atoms with van der Waals surface area (Å²) < 4.78 is 6.09. The van der Waals surface area contributed by atoms with Crippen LogP contribution in [0.1, 0.15) is 32.1 Å². The highest BCUT2D eigenvalue weighted by atomic mass is 32.1. The van der Waals surface area contributed by atoms with Crippen molar-refractivity contribution in [2.45, 2.75) is 38.2 Å². The largest absolute Gasteiger partial charge is 0.475 e. The smallest absolute Gasteiger partial charge is 0.217 e. The molecule has 3 fully saturated rings. The second-order valence-corrected chi connectivity index (χ2v) is 6.16. The molecule has 0 aromatic carbocycles. The maximum Gasteiger partial charge on any atom is 0.217 e. The third-order valence-corrected chi connectivity index (χ3v) is 4.82. The minimum atomic E-state index is 0.407. The Morgan fingerprint density at radius 2 is 1.93 bits per heavy atom. The lowest BCUT2D eigenvalue weighted by Gasteiger charge is -2.31. The average Bonchev–Trinajstić information content (AvgIpc) is 2.68. The summed E-state index contributed by atoms with van der Waals surface area (Å²) in [5.41, 5.74) is 0. The lowest BCUT2D eigenvalue weighted by molar-refractivity contribution is 0.0814. The summed E-state index contributed by atoms with van der Waals surface area (Å²) >= 11 is 8.98. The highest BCUT2D eigenvalue weighted by Gasteiger charge is 2.54. The van der Waals surface area contributed by atoms with E-state index in [1.807, 2.05) is 0 Å². The van der Waals surface area contributed by atoms with Crippen LogP contribution in [0.2, 0.25) is 0 Å². The Labute approximate surface area is 96.0 Å². The molecule has 0 amide bonds. The van der Waals surface area contributed by atoms with Crippen molar-refractivity contribution >= 4 is 29.2 Å². The Balaban J connectivity index is 1.73. The van der Waals surface area contributed by atoms with Gasteiger partial charge in [0.25, 0.3) is 0 Å². The van der Waals surface area contributed by atoms with Crippen molar-refractivity contribution in [3.05, 3.63) is 0 Å². The predicted molar refractivity (Wildman–Crippen MR) is 63.5 cm³/mol. The molecule has 0 aromatic rings. The van der Waals surface area contributed by atoms with Crippen LogP contribution in [0.5, 0.6) is 0 Å². The molecule has 2 bridgehead atoms. The molecule has 0 unspecified atom stereocenters. The summed E-state index contributed by atoms with van der Waals surface area (Å²) in [5.74, 6) is 3.74. The first kappa shape index (κ1) is 9.46. The first-order chi connectivity index (χ1) is 6.75. The first-order valence-electron chi connectivity index (χ1n) is 5.65. The molecule has 0 aliphatic heterocycles. The summed E-state index contributed by atoms with van der Waals surface area (Å²) in [6.07, 6.45) is 7.41. The maximum absolute atomic E-state index is 5.65. The van der Waals surface area contributed by atoms with Gasteiger partial charge in [0.15, 0.2) is 0 Å². The van der Waals surface area contributed by atoms with E-state index in [-0.39, 0.29) is 0 Å². The van der Waals surface area contributed by atoms with Gasteiger partial charge in [-0.2, -0.15) is 0 Å². The third-order valence-electron chi connectivity index (χ3n) is 4.62. The molecule has 0 aromatic heterocycles. The summed E-state index contributed by atoms with van der Waals surface area (Å²) in [4.78, 5) is 0. The van der Waals surface area contributed by atoms with E-state index < -0.39 is 0 Å². The first-order valence-corrected chi connectivity index (χ1v) is 6.51. The second-order valence-electron chi connectivity index (χ2n) is 5.08. The van der Waals surface area contributed by atoms with E-state index >= 15 is 0 Å². The van der Waals surface area contributed by atoms with Crippen LogP contribution in [-0.2, 0) is 4.74 Å². The van der Waals surface area contributed by atoms with E-state index in [2.05, 4.69) is 12.6 Å². The molecule has 0 N–H and O–H groups in total. The summed E-state index contributed by atoms with van der Waals surface area (Å²) in [6.45, 7) is 0. The van der Waals surface area contributed by atoms with Crippen LogP contribution >= 0.6 is 24.8 Å². The van der Waals surface area contributed by atoms with Crippen molar-refractivity contribution in [2.24, 2.45) is 23.7 Å². The van der Waals surface area contributed by atoms with Gasteiger partial charge in [-0.15, -0.1) is 0 Å². The van der Waals surface area contributed by atoms with Crippen LogP contribution in [0, 0.1) is 23.7 Å². The van der Waals surface area contributed by atoms with Gasteiger partial charge in [-0.1, -0.05) is 19.0 Å². The third kappa shape index (κ3) is 1.32. The van der Waals surface area contributed by atoms with E-state index in [1.54, 1.807) is 0 Å². The van der Waals surface area contributed by atoms with Crippen LogP contribution < -0.4 is 0 Å². The molecule has 0 heterocycles. The fraction of sp³-hybridized carbons (Fsp3) is 0.909. The van der Waals surface area contributed by atoms with Crippen LogP contribution in [0.25, 0.3) is 0 Å². The molecule has 0 radical (unpaired) electrons. The van der Waals surface area contributed by atoms with Crippen molar-refractivity contribution < 1.29 is 4.74 Å². The monoisotopic (exact) mass is 228 g/mol. The van der Waals surface area contributed by atoms with Gasteiger partial charge in [0.05, 0.1) is 0 Å². The zero-order valence-corrected chi connectivity index (χ0v) is 9.90. The van der Waals surface area contributed by atoms with Gasteiger partial charge in [-0.25, -0.2) is 0 Å². The molecule has 3 rings (SSSR count). The summed E-state index contributed by atoms with van der Waals surface area (Å²) in [6, 6.07) is 0. The minimum Gasteiger partial charge on any atom is -0.475 e. The van der Waals surface area contributed by atoms with Crippen LogP contribution in [0.3, 0.4) is 0 Å². The number of ether oxygens (including phenoxy) is 1. The van der Waals surface area contributed by atoms with E-state index in [4.69, 9.17) is 17.0 Å². The van der Waals surface area contributed by atoms with Gasteiger partial charge in [-0.05, 0) is 61.6 Å². The van der Waals surface area contributed by atoms with Crippen molar-refractivity contribution in [1.82, 2.24) is 0 Å². The summed E-state index contributed by atoms with van der Waals surface area (Å²) in [5, 5.41) is 0. The van der Waals surface area contributed by atoms with Gasteiger partial charge >= 0.3 is 0 Å². The zero-order chi connectivity index (χ0) is 9.71. The van der Waals surface area contributed by atoms with Gasteiger partial charge in [0.1, 0.15) is 6.10 Å². The normalized spacial score (nSPS) is 49.4. The van der Waals surface area contributed by atoms with E-state index in [0.29, 0.717) is 10.5 Å². The van der Waals surface area contributed by atoms with Gasteiger partial charge in [-0.3, -0.25) is 0 Å². The van der Waals surface area contributed by atoms with E-state index in [9.17, 15) is 0 Å². The van der Waals surface area contributed by atoms with Crippen molar-refractivity contribution in [3.8, 4) is 0 Å². The topological polar surface area (TPSA) is 9.23 Å². The molecule has 5 atom stereocenters. The molecular weight excluding hydrogens is 212 g/mol. The van der Waals surface area contributed by atoms with Crippen molar-refractivity contribution in [3.63, 3.8) is 0 Å². The Morgan fingerprint density at radius 1 is 1.14 bits per heavy atom. The van der Waals surface area contributed by atoms with Crippen molar-refractivity contribution in [1.29, 1.82) is 0 Å². The molecule has 3 saturated carbocycles. The molecule has 3 heteroatoms. The molecule has 1 nitrogen and oxygen atoms in total. The molecule has 0 spiro atoms.